The monoisotopic (exact) mass is 473 g/mol. The molecule has 0 aliphatic rings. The summed E-state index contributed by atoms with van der Waals surface area (Å²) in [4.78, 5) is 31.6. The molecule has 0 bridgehead atoms. The van der Waals surface area contributed by atoms with Crippen molar-refractivity contribution in [3.8, 4) is 10.4 Å². The van der Waals surface area contributed by atoms with Gasteiger partial charge in [-0.05, 0) is 30.0 Å². The first-order chi connectivity index (χ1) is 13.5. The number of aromatic nitrogens is 2. The number of fused-ring (bicyclic) bond motifs is 1. The number of hydrogen-bond acceptors (Lipinski definition) is 5. The molecule has 0 aliphatic heterocycles. The van der Waals surface area contributed by atoms with Crippen LogP contribution >= 0.6 is 38.6 Å². The van der Waals surface area contributed by atoms with Crippen LogP contribution in [0.4, 0.5) is 0 Å². The molecule has 4 aromatic rings. The van der Waals surface area contributed by atoms with Gasteiger partial charge in [0.15, 0.2) is 0 Å². The molecule has 0 fully saturated rings. The van der Waals surface area contributed by atoms with E-state index >= 15 is 0 Å². The first kappa shape index (κ1) is 19.0. The highest BCUT2D eigenvalue weighted by atomic mass is 79.9. The van der Waals surface area contributed by atoms with Gasteiger partial charge in [0.1, 0.15) is 11.4 Å². The molecule has 142 valence electrons. The predicted molar refractivity (Wildman–Crippen MR) is 118 cm³/mol. The van der Waals surface area contributed by atoms with Crippen molar-refractivity contribution in [3.63, 3.8) is 0 Å². The number of thiophene rings is 2. The van der Waals surface area contributed by atoms with Gasteiger partial charge in [0, 0.05) is 20.3 Å². The van der Waals surface area contributed by atoms with E-state index in [9.17, 15) is 9.59 Å². The summed E-state index contributed by atoms with van der Waals surface area (Å²) in [5, 5.41) is 7.44. The van der Waals surface area contributed by atoms with Crippen molar-refractivity contribution in [1.29, 1.82) is 0 Å². The number of halogens is 1. The van der Waals surface area contributed by atoms with Gasteiger partial charge in [-0.15, -0.1) is 22.7 Å². The zero-order valence-corrected chi connectivity index (χ0v) is 18.1. The fourth-order valence-corrected chi connectivity index (χ4v) is 5.39. The minimum absolute atomic E-state index is 0.0731. The molecule has 5 nitrogen and oxygen atoms in total. The van der Waals surface area contributed by atoms with Crippen molar-refractivity contribution in [2.45, 2.75) is 19.5 Å². The van der Waals surface area contributed by atoms with Crippen LogP contribution in [0.3, 0.4) is 0 Å². The Morgan fingerprint density at radius 3 is 2.82 bits per heavy atom. The van der Waals surface area contributed by atoms with Gasteiger partial charge in [-0.3, -0.25) is 14.2 Å². The molecule has 0 radical (unpaired) electrons. The van der Waals surface area contributed by atoms with Crippen molar-refractivity contribution in [2.24, 2.45) is 0 Å². The Morgan fingerprint density at radius 1 is 1.25 bits per heavy atom. The Hall–Kier alpha value is -2.29. The molecule has 1 aromatic carbocycles. The summed E-state index contributed by atoms with van der Waals surface area (Å²) in [5.41, 5.74) is 1.66. The maximum atomic E-state index is 13.0. The number of benzene rings is 1. The standard InChI is InChI=1S/C20H16BrN3O2S2/c1-12(13-5-2-3-6-15(13)21)23-17(25)9-24-11-22-19-18(20(24)26)14(10-28-19)16-7-4-8-27-16/h2-8,10-12H,9H2,1H3,(H,23,25). The third-order valence-corrected chi connectivity index (χ3v) is 6.92. The third-order valence-electron chi connectivity index (χ3n) is 4.41. The number of rotatable bonds is 5. The van der Waals surface area contributed by atoms with Gasteiger partial charge < -0.3 is 5.32 Å². The van der Waals surface area contributed by atoms with Gasteiger partial charge in [0.05, 0.1) is 17.8 Å². The van der Waals surface area contributed by atoms with Crippen LogP contribution in [0.5, 0.6) is 0 Å². The van der Waals surface area contributed by atoms with E-state index in [1.54, 1.807) is 11.3 Å². The van der Waals surface area contributed by atoms with Gasteiger partial charge in [-0.25, -0.2) is 4.98 Å². The maximum Gasteiger partial charge on any atom is 0.263 e. The molecule has 0 aliphatic carbocycles. The molecular formula is C20H16BrN3O2S2. The van der Waals surface area contributed by atoms with Gasteiger partial charge in [0.25, 0.3) is 5.56 Å². The van der Waals surface area contributed by atoms with Crippen molar-refractivity contribution in [2.75, 3.05) is 0 Å². The molecule has 28 heavy (non-hydrogen) atoms. The van der Waals surface area contributed by atoms with Crippen molar-refractivity contribution < 1.29 is 4.79 Å². The molecule has 1 amide bonds. The van der Waals surface area contributed by atoms with E-state index < -0.39 is 0 Å². The minimum atomic E-state index is -0.237. The summed E-state index contributed by atoms with van der Waals surface area (Å²) in [6.45, 7) is 1.84. The van der Waals surface area contributed by atoms with Crippen LogP contribution in [-0.4, -0.2) is 15.5 Å². The van der Waals surface area contributed by atoms with Crippen LogP contribution < -0.4 is 10.9 Å². The van der Waals surface area contributed by atoms with Gasteiger partial charge in [-0.1, -0.05) is 40.2 Å². The molecule has 0 spiro atoms. The second-order valence-electron chi connectivity index (χ2n) is 6.30. The SMILES string of the molecule is CC(NC(=O)Cn1cnc2scc(-c3cccs3)c2c1=O)c1ccccc1Br. The van der Waals surface area contributed by atoms with Gasteiger partial charge in [-0.2, -0.15) is 0 Å². The van der Waals surface area contributed by atoms with E-state index in [-0.39, 0.29) is 24.1 Å². The lowest BCUT2D eigenvalue weighted by molar-refractivity contribution is -0.122. The zero-order chi connectivity index (χ0) is 19.7. The highest BCUT2D eigenvalue weighted by Crippen LogP contribution is 2.33. The maximum absolute atomic E-state index is 13.0. The molecule has 4 rings (SSSR count). The van der Waals surface area contributed by atoms with E-state index in [0.717, 1.165) is 20.5 Å². The summed E-state index contributed by atoms with van der Waals surface area (Å²) in [6.07, 6.45) is 1.45. The second kappa shape index (κ2) is 7.98. The highest BCUT2D eigenvalue weighted by Gasteiger charge is 2.17. The van der Waals surface area contributed by atoms with Crippen molar-refractivity contribution >= 4 is 54.7 Å². The topological polar surface area (TPSA) is 64.0 Å². The Morgan fingerprint density at radius 2 is 2.07 bits per heavy atom. The molecule has 1 unspecified atom stereocenters. The van der Waals surface area contributed by atoms with Crippen LogP contribution in [0, 0.1) is 0 Å². The fourth-order valence-electron chi connectivity index (χ4n) is 3.04. The summed E-state index contributed by atoms with van der Waals surface area (Å²) in [6, 6.07) is 11.5. The van der Waals surface area contributed by atoms with E-state index in [2.05, 4.69) is 26.2 Å². The number of hydrogen-bond donors (Lipinski definition) is 1. The van der Waals surface area contributed by atoms with Crippen LogP contribution in [0.1, 0.15) is 18.5 Å². The van der Waals surface area contributed by atoms with Crippen molar-refractivity contribution in [1.82, 2.24) is 14.9 Å². The highest BCUT2D eigenvalue weighted by molar-refractivity contribution is 9.10. The minimum Gasteiger partial charge on any atom is -0.348 e. The quantitative estimate of drug-likeness (QED) is 0.451. The van der Waals surface area contributed by atoms with Crippen LogP contribution in [0.25, 0.3) is 20.7 Å². The molecule has 1 N–H and O–H groups in total. The van der Waals surface area contributed by atoms with Gasteiger partial charge >= 0.3 is 0 Å². The van der Waals surface area contributed by atoms with E-state index in [1.165, 1.54) is 22.2 Å². The normalized spacial score (nSPS) is 12.2. The number of nitrogens with one attached hydrogen (secondary N) is 1. The number of carbonyl (C=O) groups excluding carboxylic acids is 1. The number of carbonyl (C=O) groups is 1. The average molecular weight is 474 g/mol. The zero-order valence-electron chi connectivity index (χ0n) is 14.9. The van der Waals surface area contributed by atoms with Crippen LogP contribution in [-0.2, 0) is 11.3 Å². The van der Waals surface area contributed by atoms with Gasteiger partial charge in [0.2, 0.25) is 5.91 Å². The largest absolute Gasteiger partial charge is 0.348 e. The van der Waals surface area contributed by atoms with Crippen molar-refractivity contribution in [3.05, 3.63) is 73.9 Å². The van der Waals surface area contributed by atoms with Crippen LogP contribution in [0.2, 0.25) is 0 Å². The average Bonchev–Trinajstić information content (AvgIpc) is 3.33. The molecule has 1 atom stereocenters. The molecule has 3 aromatic heterocycles. The number of nitrogens with zero attached hydrogens (tertiary/aromatic N) is 2. The second-order valence-corrected chi connectivity index (χ2v) is 8.96. The third kappa shape index (κ3) is 3.67. The molecule has 3 heterocycles. The lowest BCUT2D eigenvalue weighted by atomic mass is 10.1. The first-order valence-electron chi connectivity index (χ1n) is 8.59. The van der Waals surface area contributed by atoms with E-state index in [4.69, 9.17) is 0 Å². The van der Waals surface area contributed by atoms with Crippen LogP contribution in [0.15, 0.2) is 62.8 Å². The Balaban J connectivity index is 1.59. The Labute approximate surface area is 177 Å². The van der Waals surface area contributed by atoms with E-state index in [1.807, 2.05) is 54.1 Å². The summed E-state index contributed by atoms with van der Waals surface area (Å²) < 4.78 is 2.30. The smallest absolute Gasteiger partial charge is 0.263 e. The predicted octanol–water partition coefficient (Wildman–Crippen LogP) is 4.83. The van der Waals surface area contributed by atoms with E-state index in [0.29, 0.717) is 10.2 Å². The lowest BCUT2D eigenvalue weighted by Crippen LogP contribution is -2.34. The Bertz CT molecular complexity index is 1200. The lowest BCUT2D eigenvalue weighted by Gasteiger charge is -2.16. The molecule has 8 heteroatoms. The molecular weight excluding hydrogens is 458 g/mol. The summed E-state index contributed by atoms with van der Waals surface area (Å²) in [7, 11) is 0. The fraction of sp³-hybridized carbons (Fsp3) is 0.150. The molecule has 0 saturated heterocycles. The first-order valence-corrected chi connectivity index (χ1v) is 11.1. The molecule has 0 saturated carbocycles. The number of amides is 1. The Kier molecular flexibility index (Phi) is 5.43. The summed E-state index contributed by atoms with van der Waals surface area (Å²) in [5.74, 6) is -0.237. The summed E-state index contributed by atoms with van der Waals surface area (Å²) >= 11 is 6.52.